The first kappa shape index (κ1) is 17.4. The van der Waals surface area contributed by atoms with Gasteiger partial charge in [-0.15, -0.1) is 12.4 Å². The lowest BCUT2D eigenvalue weighted by atomic mass is 10.2. The highest BCUT2D eigenvalue weighted by atomic mass is 35.5. The van der Waals surface area contributed by atoms with Gasteiger partial charge < -0.3 is 14.8 Å². The molecule has 1 aromatic rings. The van der Waals surface area contributed by atoms with Gasteiger partial charge in [0.2, 0.25) is 0 Å². The number of aromatic nitrogens is 2. The Morgan fingerprint density at radius 1 is 1.62 bits per heavy atom. The summed E-state index contributed by atoms with van der Waals surface area (Å²) >= 11 is 0.989. The third-order valence-electron chi connectivity index (χ3n) is 2.37. The van der Waals surface area contributed by atoms with E-state index in [4.69, 9.17) is 9.47 Å². The molecule has 0 unspecified atom stereocenters. The number of hydrogen-bond donors (Lipinski definition) is 1. The van der Waals surface area contributed by atoms with Gasteiger partial charge in [-0.25, -0.2) is 9.59 Å². The fourth-order valence-corrected chi connectivity index (χ4v) is 2.01. The number of nitrogens with one attached hydrogen (secondary N) is 1. The predicted molar refractivity (Wildman–Crippen MR) is 79.0 cm³/mol. The van der Waals surface area contributed by atoms with Gasteiger partial charge in [0, 0.05) is 0 Å². The van der Waals surface area contributed by atoms with Crippen LogP contribution in [0.25, 0.3) is 0 Å². The first-order valence-electron chi connectivity index (χ1n) is 6.08. The normalized spacial score (nSPS) is 17.5. The molecule has 2 rings (SSSR count). The molecule has 8 nitrogen and oxygen atoms in total. The van der Waals surface area contributed by atoms with E-state index in [1.807, 2.05) is 0 Å². The van der Waals surface area contributed by atoms with Crippen molar-refractivity contribution in [2.45, 2.75) is 32.5 Å². The summed E-state index contributed by atoms with van der Waals surface area (Å²) < 4.78 is 18.2. The van der Waals surface area contributed by atoms with Crippen LogP contribution < -0.4 is 10.2 Å². The number of amides is 2. The highest BCUT2D eigenvalue weighted by Gasteiger charge is 2.31. The molecular weight excluding hydrogens is 320 g/mol. The molecule has 0 saturated carbocycles. The van der Waals surface area contributed by atoms with Gasteiger partial charge in [-0.2, -0.15) is 8.75 Å². The summed E-state index contributed by atoms with van der Waals surface area (Å²) in [5.74, 6) is 0.382. The Morgan fingerprint density at radius 3 is 2.81 bits per heavy atom. The topological polar surface area (TPSA) is 93.7 Å². The van der Waals surface area contributed by atoms with E-state index in [9.17, 15) is 9.59 Å². The Bertz CT molecular complexity index is 491. The van der Waals surface area contributed by atoms with Gasteiger partial charge in [0.25, 0.3) is 0 Å². The van der Waals surface area contributed by atoms with E-state index >= 15 is 0 Å². The standard InChI is InChI=1S/C11H16N4O4S.ClH/c1-11(2,3)19-10(17)15(8-5-13-20-14-8)6-7-4-12-9(16)18-7;/h5,7H,4,6H2,1-3H3,(H,12,16);1H/t7-;/m1./s1. The maximum atomic E-state index is 12.2. The van der Waals surface area contributed by atoms with E-state index in [1.165, 1.54) is 11.1 Å². The summed E-state index contributed by atoms with van der Waals surface area (Å²) in [5, 5.41) is 2.53. The molecule has 0 aromatic carbocycles. The number of rotatable bonds is 3. The van der Waals surface area contributed by atoms with Crippen molar-refractivity contribution in [3.8, 4) is 0 Å². The first-order valence-corrected chi connectivity index (χ1v) is 6.81. The molecule has 1 aliphatic rings. The van der Waals surface area contributed by atoms with E-state index in [0.717, 1.165) is 11.7 Å². The minimum Gasteiger partial charge on any atom is -0.443 e. The number of cyclic esters (lactones) is 1. The third-order valence-corrected chi connectivity index (χ3v) is 2.84. The summed E-state index contributed by atoms with van der Waals surface area (Å²) in [6.45, 7) is 5.84. The van der Waals surface area contributed by atoms with Gasteiger partial charge in [0.1, 0.15) is 11.7 Å². The van der Waals surface area contributed by atoms with Gasteiger partial charge in [-0.3, -0.25) is 4.90 Å². The smallest absolute Gasteiger partial charge is 0.416 e. The van der Waals surface area contributed by atoms with Gasteiger partial charge in [0.05, 0.1) is 31.0 Å². The SMILES string of the molecule is CC(C)(C)OC(=O)N(C[C@H]1CNC(=O)O1)c1cnsn1.Cl. The summed E-state index contributed by atoms with van der Waals surface area (Å²) in [4.78, 5) is 24.6. The second kappa shape index (κ2) is 6.90. The molecule has 2 heterocycles. The van der Waals surface area contributed by atoms with Crippen LogP contribution >= 0.6 is 24.1 Å². The van der Waals surface area contributed by atoms with Crippen molar-refractivity contribution >= 4 is 42.1 Å². The molecule has 10 heteroatoms. The van der Waals surface area contributed by atoms with Crippen molar-refractivity contribution in [2.75, 3.05) is 18.0 Å². The van der Waals surface area contributed by atoms with Crippen LogP contribution in [0.15, 0.2) is 6.20 Å². The number of carbonyl (C=O) groups excluding carboxylic acids is 2. The average molecular weight is 337 g/mol. The third kappa shape index (κ3) is 5.01. The van der Waals surface area contributed by atoms with Crippen molar-refractivity contribution < 1.29 is 19.1 Å². The summed E-state index contributed by atoms with van der Waals surface area (Å²) in [6.07, 6.45) is -0.000824. The van der Waals surface area contributed by atoms with Crippen LogP contribution in [-0.4, -0.2) is 45.7 Å². The maximum absolute atomic E-state index is 12.2. The molecule has 118 valence electrons. The Morgan fingerprint density at radius 2 is 2.33 bits per heavy atom. The molecule has 1 aliphatic heterocycles. The lowest BCUT2D eigenvalue weighted by Crippen LogP contribution is -2.42. The lowest BCUT2D eigenvalue weighted by Gasteiger charge is -2.26. The zero-order valence-corrected chi connectivity index (χ0v) is 13.5. The summed E-state index contributed by atoms with van der Waals surface area (Å²) in [7, 11) is 0. The van der Waals surface area contributed by atoms with Crippen molar-refractivity contribution in [3.05, 3.63) is 6.20 Å². The minimum absolute atomic E-state index is 0. The number of ether oxygens (including phenoxy) is 2. The molecule has 0 bridgehead atoms. The van der Waals surface area contributed by atoms with E-state index < -0.39 is 23.9 Å². The lowest BCUT2D eigenvalue weighted by molar-refractivity contribution is 0.0557. The van der Waals surface area contributed by atoms with Gasteiger partial charge in [-0.1, -0.05) is 0 Å². The molecule has 0 radical (unpaired) electrons. The van der Waals surface area contributed by atoms with E-state index in [0.29, 0.717) is 12.4 Å². The van der Waals surface area contributed by atoms with Crippen LogP contribution in [0.4, 0.5) is 15.4 Å². The Kier molecular flexibility index (Phi) is 5.73. The highest BCUT2D eigenvalue weighted by molar-refractivity contribution is 6.99. The zero-order chi connectivity index (χ0) is 14.8. The quantitative estimate of drug-likeness (QED) is 0.904. The molecule has 2 amide bonds. The van der Waals surface area contributed by atoms with Crippen LogP contribution in [0.1, 0.15) is 20.8 Å². The fraction of sp³-hybridized carbons (Fsp3) is 0.636. The number of carbonyl (C=O) groups is 2. The Hall–Kier alpha value is -1.61. The van der Waals surface area contributed by atoms with Crippen LogP contribution in [0.2, 0.25) is 0 Å². The van der Waals surface area contributed by atoms with Crippen LogP contribution in [0.3, 0.4) is 0 Å². The molecule has 0 spiro atoms. The second-order valence-corrected chi connectivity index (χ2v) is 5.82. The Labute approximate surface area is 132 Å². The van der Waals surface area contributed by atoms with Gasteiger partial charge in [0.15, 0.2) is 5.82 Å². The van der Waals surface area contributed by atoms with Crippen molar-refractivity contribution in [1.82, 2.24) is 14.1 Å². The Balaban J connectivity index is 0.00000220. The molecule has 0 aliphatic carbocycles. The van der Waals surface area contributed by atoms with E-state index in [2.05, 4.69) is 14.1 Å². The number of nitrogens with zero attached hydrogens (tertiary/aromatic N) is 3. The molecule has 1 N–H and O–H groups in total. The first-order chi connectivity index (χ1) is 9.35. The largest absolute Gasteiger partial charge is 0.443 e. The minimum atomic E-state index is -0.622. The predicted octanol–water partition coefficient (Wildman–Crippen LogP) is 1.81. The molecule has 1 fully saturated rings. The molecule has 1 saturated heterocycles. The van der Waals surface area contributed by atoms with E-state index in [1.54, 1.807) is 20.8 Å². The van der Waals surface area contributed by atoms with Crippen LogP contribution in [0.5, 0.6) is 0 Å². The molecule has 1 aromatic heterocycles. The molecule has 21 heavy (non-hydrogen) atoms. The summed E-state index contributed by atoms with van der Waals surface area (Å²) in [6, 6.07) is 0. The van der Waals surface area contributed by atoms with E-state index in [-0.39, 0.29) is 19.0 Å². The second-order valence-electron chi connectivity index (χ2n) is 5.26. The number of alkyl carbamates (subject to hydrolysis) is 1. The maximum Gasteiger partial charge on any atom is 0.416 e. The number of hydrogen-bond acceptors (Lipinski definition) is 7. The van der Waals surface area contributed by atoms with Crippen molar-refractivity contribution in [3.63, 3.8) is 0 Å². The van der Waals surface area contributed by atoms with Gasteiger partial charge in [-0.05, 0) is 20.8 Å². The van der Waals surface area contributed by atoms with Gasteiger partial charge >= 0.3 is 12.2 Å². The van der Waals surface area contributed by atoms with Crippen LogP contribution in [0, 0.1) is 0 Å². The van der Waals surface area contributed by atoms with Crippen molar-refractivity contribution in [1.29, 1.82) is 0 Å². The van der Waals surface area contributed by atoms with Crippen molar-refractivity contribution in [2.24, 2.45) is 0 Å². The fourth-order valence-electron chi connectivity index (χ4n) is 1.59. The monoisotopic (exact) mass is 336 g/mol. The number of anilines is 1. The highest BCUT2D eigenvalue weighted by Crippen LogP contribution is 2.18. The zero-order valence-electron chi connectivity index (χ0n) is 11.9. The number of halogens is 1. The van der Waals surface area contributed by atoms with Crippen LogP contribution in [-0.2, 0) is 9.47 Å². The summed E-state index contributed by atoms with van der Waals surface area (Å²) in [5.41, 5.74) is -0.622. The average Bonchev–Trinajstić information content (AvgIpc) is 2.94. The molecule has 1 atom stereocenters. The molecular formula is C11H17ClN4O4S.